The molecular weight excluding hydrogens is 324 g/mol. The average Bonchev–Trinajstić information content (AvgIpc) is 3.03. The highest BCUT2D eigenvalue weighted by Gasteiger charge is 2.35. The quantitative estimate of drug-likeness (QED) is 0.831. The zero-order chi connectivity index (χ0) is 13.1. The molecule has 0 amide bonds. The van der Waals surface area contributed by atoms with Gasteiger partial charge in [0.05, 0.1) is 12.7 Å². The Morgan fingerprint density at radius 3 is 3.26 bits per heavy atom. The smallest absolute Gasteiger partial charge is 0.0730 e. The SMILES string of the molecule is Brc1csc(CNCCN2CCOC3CCCC32)c1. The van der Waals surface area contributed by atoms with Gasteiger partial charge in [0, 0.05) is 47.0 Å². The summed E-state index contributed by atoms with van der Waals surface area (Å²) in [6, 6.07) is 2.88. The maximum absolute atomic E-state index is 5.84. The molecule has 3 rings (SSSR count). The van der Waals surface area contributed by atoms with Crippen molar-refractivity contribution in [3.05, 3.63) is 20.8 Å². The molecule has 1 saturated heterocycles. The molecule has 3 nitrogen and oxygen atoms in total. The van der Waals surface area contributed by atoms with E-state index < -0.39 is 0 Å². The maximum atomic E-state index is 5.84. The van der Waals surface area contributed by atoms with Crippen molar-refractivity contribution in [3.8, 4) is 0 Å². The number of morpholine rings is 1. The number of halogens is 1. The molecule has 0 aromatic carbocycles. The van der Waals surface area contributed by atoms with Crippen molar-refractivity contribution in [2.24, 2.45) is 0 Å². The van der Waals surface area contributed by atoms with Crippen molar-refractivity contribution in [1.82, 2.24) is 10.2 Å². The topological polar surface area (TPSA) is 24.5 Å². The zero-order valence-corrected chi connectivity index (χ0v) is 13.5. The highest BCUT2D eigenvalue weighted by molar-refractivity contribution is 9.10. The summed E-state index contributed by atoms with van der Waals surface area (Å²) < 4.78 is 7.04. The molecule has 0 bridgehead atoms. The summed E-state index contributed by atoms with van der Waals surface area (Å²) in [6.07, 6.45) is 4.44. The Balaban J connectivity index is 1.39. The van der Waals surface area contributed by atoms with Gasteiger partial charge in [0.2, 0.25) is 0 Å². The summed E-state index contributed by atoms with van der Waals surface area (Å²) in [7, 11) is 0. The Morgan fingerprint density at radius 2 is 2.42 bits per heavy atom. The number of fused-ring (bicyclic) bond motifs is 1. The molecule has 2 fully saturated rings. The van der Waals surface area contributed by atoms with Gasteiger partial charge in [-0.15, -0.1) is 11.3 Å². The monoisotopic (exact) mass is 344 g/mol. The lowest BCUT2D eigenvalue weighted by atomic mass is 10.1. The molecule has 1 aliphatic heterocycles. The van der Waals surface area contributed by atoms with E-state index in [9.17, 15) is 0 Å². The molecule has 2 aliphatic rings. The second-order valence-electron chi connectivity index (χ2n) is 5.35. The number of hydrogen-bond acceptors (Lipinski definition) is 4. The van der Waals surface area contributed by atoms with E-state index in [0.717, 1.165) is 32.8 Å². The van der Waals surface area contributed by atoms with Crippen molar-refractivity contribution in [3.63, 3.8) is 0 Å². The van der Waals surface area contributed by atoms with Crippen LogP contribution < -0.4 is 5.32 Å². The van der Waals surface area contributed by atoms with Crippen LogP contribution in [0.2, 0.25) is 0 Å². The minimum Gasteiger partial charge on any atom is -0.375 e. The molecule has 1 aromatic rings. The molecule has 5 heteroatoms. The van der Waals surface area contributed by atoms with Crippen molar-refractivity contribution < 1.29 is 4.74 Å². The molecule has 2 atom stereocenters. The molecule has 106 valence electrons. The van der Waals surface area contributed by atoms with Crippen molar-refractivity contribution in [2.75, 3.05) is 26.2 Å². The average molecular weight is 345 g/mol. The Morgan fingerprint density at radius 1 is 1.47 bits per heavy atom. The molecule has 1 saturated carbocycles. The number of hydrogen-bond donors (Lipinski definition) is 1. The first-order valence-electron chi connectivity index (χ1n) is 7.12. The highest BCUT2D eigenvalue weighted by Crippen LogP contribution is 2.29. The highest BCUT2D eigenvalue weighted by atomic mass is 79.9. The third-order valence-corrected chi connectivity index (χ3v) is 5.79. The van der Waals surface area contributed by atoms with Gasteiger partial charge in [0.15, 0.2) is 0 Å². The molecule has 2 heterocycles. The van der Waals surface area contributed by atoms with E-state index in [1.54, 1.807) is 0 Å². The minimum atomic E-state index is 0.516. The fourth-order valence-electron chi connectivity index (χ4n) is 3.16. The van der Waals surface area contributed by atoms with E-state index >= 15 is 0 Å². The van der Waals surface area contributed by atoms with Crippen LogP contribution in [0.5, 0.6) is 0 Å². The van der Waals surface area contributed by atoms with E-state index in [1.165, 1.54) is 28.6 Å². The van der Waals surface area contributed by atoms with Crippen LogP contribution in [-0.4, -0.2) is 43.3 Å². The predicted octanol–water partition coefficient (Wildman–Crippen LogP) is 2.85. The number of ether oxygens (including phenoxy) is 1. The lowest BCUT2D eigenvalue weighted by Crippen LogP contribution is -2.50. The van der Waals surface area contributed by atoms with Crippen molar-refractivity contribution in [2.45, 2.75) is 38.0 Å². The molecule has 1 aromatic heterocycles. The number of thiophene rings is 1. The first-order valence-corrected chi connectivity index (χ1v) is 8.79. The zero-order valence-electron chi connectivity index (χ0n) is 11.1. The summed E-state index contributed by atoms with van der Waals surface area (Å²) in [4.78, 5) is 4.02. The summed E-state index contributed by atoms with van der Waals surface area (Å²) in [5.41, 5.74) is 0. The molecule has 2 unspecified atom stereocenters. The Labute approximate surface area is 127 Å². The van der Waals surface area contributed by atoms with Gasteiger partial charge in [-0.05, 0) is 41.3 Å². The number of nitrogens with zero attached hydrogens (tertiary/aromatic N) is 1. The summed E-state index contributed by atoms with van der Waals surface area (Å²) in [5, 5.41) is 5.69. The predicted molar refractivity (Wildman–Crippen MR) is 82.7 cm³/mol. The number of nitrogens with one attached hydrogen (secondary N) is 1. The van der Waals surface area contributed by atoms with Crippen LogP contribution in [0.1, 0.15) is 24.1 Å². The maximum Gasteiger partial charge on any atom is 0.0730 e. The molecule has 0 spiro atoms. The van der Waals surface area contributed by atoms with Gasteiger partial charge in [-0.25, -0.2) is 0 Å². The third-order valence-electron chi connectivity index (χ3n) is 4.09. The molecular formula is C14H21BrN2OS. The Hall–Kier alpha value is 0.0600. The van der Waals surface area contributed by atoms with E-state index in [1.807, 2.05) is 11.3 Å². The minimum absolute atomic E-state index is 0.516. The fourth-order valence-corrected chi connectivity index (χ4v) is 4.58. The van der Waals surface area contributed by atoms with Gasteiger partial charge >= 0.3 is 0 Å². The molecule has 1 aliphatic carbocycles. The normalized spacial score (nSPS) is 27.6. The van der Waals surface area contributed by atoms with E-state index in [-0.39, 0.29) is 0 Å². The van der Waals surface area contributed by atoms with Crippen LogP contribution in [0.4, 0.5) is 0 Å². The van der Waals surface area contributed by atoms with Gasteiger partial charge in [-0.1, -0.05) is 0 Å². The van der Waals surface area contributed by atoms with Crippen LogP contribution in [0.15, 0.2) is 15.9 Å². The largest absolute Gasteiger partial charge is 0.375 e. The second kappa shape index (κ2) is 6.68. The molecule has 1 N–H and O–H groups in total. The first-order chi connectivity index (χ1) is 9.33. The second-order valence-corrected chi connectivity index (χ2v) is 7.26. The van der Waals surface area contributed by atoms with Crippen LogP contribution in [0.25, 0.3) is 0 Å². The van der Waals surface area contributed by atoms with Crippen molar-refractivity contribution >= 4 is 27.3 Å². The van der Waals surface area contributed by atoms with Crippen molar-refractivity contribution in [1.29, 1.82) is 0 Å². The van der Waals surface area contributed by atoms with Gasteiger partial charge in [0.25, 0.3) is 0 Å². The van der Waals surface area contributed by atoms with Crippen LogP contribution >= 0.6 is 27.3 Å². The van der Waals surface area contributed by atoms with Crippen LogP contribution in [-0.2, 0) is 11.3 Å². The fraction of sp³-hybridized carbons (Fsp3) is 0.714. The van der Waals surface area contributed by atoms with Gasteiger partial charge in [-0.3, -0.25) is 4.90 Å². The van der Waals surface area contributed by atoms with E-state index in [0.29, 0.717) is 12.1 Å². The lowest BCUT2D eigenvalue weighted by molar-refractivity contribution is -0.0548. The molecule has 0 radical (unpaired) electrons. The van der Waals surface area contributed by atoms with E-state index in [2.05, 4.69) is 37.6 Å². The van der Waals surface area contributed by atoms with Crippen LogP contribution in [0, 0.1) is 0 Å². The lowest BCUT2D eigenvalue weighted by Gasteiger charge is -2.37. The number of rotatable bonds is 5. The standard InChI is InChI=1S/C14H21BrN2OS/c15-11-8-12(19-10-11)9-16-4-5-17-6-7-18-14-3-1-2-13(14)17/h8,10,13-14,16H,1-7,9H2. The van der Waals surface area contributed by atoms with Gasteiger partial charge in [-0.2, -0.15) is 0 Å². The Kier molecular flexibility index (Phi) is 4.92. The molecule has 19 heavy (non-hydrogen) atoms. The first kappa shape index (κ1) is 14.0. The summed E-state index contributed by atoms with van der Waals surface area (Å²) in [6.45, 7) is 5.22. The van der Waals surface area contributed by atoms with E-state index in [4.69, 9.17) is 4.74 Å². The third kappa shape index (κ3) is 3.58. The summed E-state index contributed by atoms with van der Waals surface area (Å²) >= 11 is 5.30. The van der Waals surface area contributed by atoms with Gasteiger partial charge < -0.3 is 10.1 Å². The Bertz CT molecular complexity index is 412. The summed E-state index contributed by atoms with van der Waals surface area (Å²) in [5.74, 6) is 0. The van der Waals surface area contributed by atoms with Gasteiger partial charge in [0.1, 0.15) is 0 Å². The van der Waals surface area contributed by atoms with Crippen LogP contribution in [0.3, 0.4) is 0 Å².